The van der Waals surface area contributed by atoms with Gasteiger partial charge in [0.25, 0.3) is 0 Å². The molecule has 1 aliphatic carbocycles. The van der Waals surface area contributed by atoms with Crippen molar-refractivity contribution in [1.82, 2.24) is 9.88 Å². The number of nitrogens with zero attached hydrogens (tertiary/aromatic N) is 2. The van der Waals surface area contributed by atoms with Crippen LogP contribution >= 0.6 is 0 Å². The Bertz CT molecular complexity index is 540. The largest absolute Gasteiger partial charge is 0.391 e. The number of hydrogen-bond donors (Lipinski definition) is 1. The Kier molecular flexibility index (Phi) is 4.62. The van der Waals surface area contributed by atoms with Gasteiger partial charge in [0.05, 0.1) is 5.92 Å². The van der Waals surface area contributed by atoms with E-state index in [0.29, 0.717) is 18.7 Å². The summed E-state index contributed by atoms with van der Waals surface area (Å²) in [4.78, 5) is 0. The number of nitriles is 1. The van der Waals surface area contributed by atoms with Gasteiger partial charge in [0.1, 0.15) is 11.8 Å². The molecule has 1 saturated carbocycles. The number of alkyl halides is 3. The summed E-state index contributed by atoms with van der Waals surface area (Å²) < 4.78 is 40.1. The quantitative estimate of drug-likeness (QED) is 0.929. The van der Waals surface area contributed by atoms with Gasteiger partial charge in [-0.15, -0.1) is 0 Å². The van der Waals surface area contributed by atoms with Gasteiger partial charge in [-0.3, -0.25) is 0 Å². The fourth-order valence-corrected chi connectivity index (χ4v) is 2.98. The molecule has 1 aromatic heterocycles. The number of aromatic nitrogens is 1. The molecular formula is C15H20F3N3. The van der Waals surface area contributed by atoms with Crippen molar-refractivity contribution in [3.05, 3.63) is 23.0 Å². The fraction of sp³-hybridized carbons (Fsp3) is 0.667. The highest BCUT2D eigenvalue weighted by Gasteiger charge is 2.41. The zero-order valence-corrected chi connectivity index (χ0v) is 12.3. The molecule has 0 unspecified atom stereocenters. The molecule has 1 N–H and O–H groups in total. The van der Waals surface area contributed by atoms with E-state index in [1.54, 1.807) is 10.6 Å². The van der Waals surface area contributed by atoms with Crippen LogP contribution in [0.2, 0.25) is 0 Å². The molecular weight excluding hydrogens is 279 g/mol. The van der Waals surface area contributed by atoms with Gasteiger partial charge in [0.2, 0.25) is 0 Å². The van der Waals surface area contributed by atoms with Crippen molar-refractivity contribution in [3.63, 3.8) is 0 Å². The first-order valence-corrected chi connectivity index (χ1v) is 7.18. The van der Waals surface area contributed by atoms with E-state index in [0.717, 1.165) is 17.7 Å². The van der Waals surface area contributed by atoms with E-state index in [9.17, 15) is 13.2 Å². The normalized spacial score (nSPS) is 23.0. The molecule has 2 atom stereocenters. The molecule has 0 bridgehead atoms. The second-order valence-electron chi connectivity index (χ2n) is 5.79. The monoisotopic (exact) mass is 299 g/mol. The first kappa shape index (κ1) is 15.9. The second kappa shape index (κ2) is 6.10. The standard InChI is InChI=1S/C15H20F3N3/c1-10-11(6-14(8-19)21(10)2)9-20-13-5-3-4-12(7-13)15(16,17)18/h6,12-13,20H,3-5,7,9H2,1-2H3/t12-,13+/m0/s1. The Morgan fingerprint density at radius 2 is 2.14 bits per heavy atom. The molecule has 3 nitrogen and oxygen atoms in total. The zero-order valence-electron chi connectivity index (χ0n) is 12.3. The van der Waals surface area contributed by atoms with Gasteiger partial charge in [-0.1, -0.05) is 6.42 Å². The summed E-state index contributed by atoms with van der Waals surface area (Å²) in [5.41, 5.74) is 2.52. The van der Waals surface area contributed by atoms with Crippen LogP contribution in [-0.4, -0.2) is 16.8 Å². The lowest BCUT2D eigenvalue weighted by Gasteiger charge is -2.31. The minimum absolute atomic E-state index is 0.101. The summed E-state index contributed by atoms with van der Waals surface area (Å²) in [6.07, 6.45) is -2.30. The molecule has 0 saturated heterocycles. The summed E-state index contributed by atoms with van der Waals surface area (Å²) in [6.45, 7) is 2.42. The van der Waals surface area contributed by atoms with Crippen LogP contribution in [0.15, 0.2) is 6.07 Å². The van der Waals surface area contributed by atoms with Crippen LogP contribution in [0.4, 0.5) is 13.2 Å². The van der Waals surface area contributed by atoms with Crippen molar-refractivity contribution in [1.29, 1.82) is 5.26 Å². The molecule has 0 amide bonds. The molecule has 1 heterocycles. The van der Waals surface area contributed by atoms with Gasteiger partial charge >= 0.3 is 6.18 Å². The van der Waals surface area contributed by atoms with E-state index in [-0.39, 0.29) is 18.9 Å². The maximum Gasteiger partial charge on any atom is 0.391 e. The lowest BCUT2D eigenvalue weighted by molar-refractivity contribution is -0.183. The first-order valence-electron chi connectivity index (χ1n) is 7.18. The van der Waals surface area contributed by atoms with Gasteiger partial charge < -0.3 is 9.88 Å². The predicted molar refractivity (Wildman–Crippen MR) is 73.5 cm³/mol. The fourth-order valence-electron chi connectivity index (χ4n) is 2.98. The Morgan fingerprint density at radius 3 is 2.71 bits per heavy atom. The molecule has 2 rings (SSSR count). The molecule has 116 valence electrons. The lowest BCUT2D eigenvalue weighted by Crippen LogP contribution is -2.38. The highest BCUT2D eigenvalue weighted by Crippen LogP contribution is 2.37. The van der Waals surface area contributed by atoms with Crippen molar-refractivity contribution in [2.75, 3.05) is 0 Å². The maximum atomic E-state index is 12.8. The third kappa shape index (κ3) is 3.59. The van der Waals surface area contributed by atoms with E-state index in [1.807, 2.05) is 14.0 Å². The van der Waals surface area contributed by atoms with E-state index in [1.165, 1.54) is 0 Å². The second-order valence-corrected chi connectivity index (χ2v) is 5.79. The zero-order chi connectivity index (χ0) is 15.6. The SMILES string of the molecule is Cc1c(CN[C@@H]2CCC[C@H](C(F)(F)F)C2)cc(C#N)n1C. The average molecular weight is 299 g/mol. The minimum atomic E-state index is -4.09. The van der Waals surface area contributed by atoms with Crippen LogP contribution in [0, 0.1) is 24.2 Å². The number of nitrogens with one attached hydrogen (secondary N) is 1. The van der Waals surface area contributed by atoms with Crippen molar-refractivity contribution in [2.45, 2.75) is 51.4 Å². The summed E-state index contributed by atoms with van der Waals surface area (Å²) in [6, 6.07) is 3.80. The molecule has 0 spiro atoms. The molecule has 0 aliphatic heterocycles. The van der Waals surface area contributed by atoms with Gasteiger partial charge in [-0.25, -0.2) is 0 Å². The number of hydrogen-bond acceptors (Lipinski definition) is 2. The molecule has 21 heavy (non-hydrogen) atoms. The van der Waals surface area contributed by atoms with Crippen molar-refractivity contribution in [3.8, 4) is 6.07 Å². The van der Waals surface area contributed by atoms with E-state index in [2.05, 4.69) is 11.4 Å². The molecule has 0 radical (unpaired) electrons. The summed E-state index contributed by atoms with van der Waals surface area (Å²) in [7, 11) is 1.82. The Hall–Kier alpha value is -1.48. The van der Waals surface area contributed by atoms with E-state index in [4.69, 9.17) is 5.26 Å². The number of halogens is 3. The van der Waals surface area contributed by atoms with Gasteiger partial charge in [-0.05, 0) is 37.8 Å². The van der Waals surface area contributed by atoms with Gasteiger partial charge in [-0.2, -0.15) is 18.4 Å². The topological polar surface area (TPSA) is 40.8 Å². The van der Waals surface area contributed by atoms with Crippen LogP contribution in [-0.2, 0) is 13.6 Å². The van der Waals surface area contributed by atoms with Crippen LogP contribution in [0.1, 0.15) is 42.6 Å². The van der Waals surface area contributed by atoms with E-state index < -0.39 is 12.1 Å². The average Bonchev–Trinajstić information content (AvgIpc) is 2.72. The summed E-state index contributed by atoms with van der Waals surface area (Å²) in [5, 5.41) is 12.2. The van der Waals surface area contributed by atoms with Crippen molar-refractivity contribution in [2.24, 2.45) is 13.0 Å². The lowest BCUT2D eigenvalue weighted by atomic mass is 9.85. The summed E-state index contributed by atoms with van der Waals surface area (Å²) >= 11 is 0. The van der Waals surface area contributed by atoms with Crippen LogP contribution in [0.3, 0.4) is 0 Å². The van der Waals surface area contributed by atoms with Gasteiger partial charge in [0, 0.05) is 25.3 Å². The molecule has 1 fully saturated rings. The van der Waals surface area contributed by atoms with Crippen molar-refractivity contribution >= 4 is 0 Å². The number of rotatable bonds is 3. The van der Waals surface area contributed by atoms with Crippen LogP contribution < -0.4 is 5.32 Å². The van der Waals surface area contributed by atoms with Gasteiger partial charge in [0.15, 0.2) is 0 Å². The third-order valence-electron chi connectivity index (χ3n) is 4.47. The molecule has 6 heteroatoms. The summed E-state index contributed by atoms with van der Waals surface area (Å²) in [5.74, 6) is -1.18. The predicted octanol–water partition coefficient (Wildman–Crippen LogP) is 3.42. The minimum Gasteiger partial charge on any atom is -0.340 e. The smallest absolute Gasteiger partial charge is 0.340 e. The Labute approximate surface area is 122 Å². The third-order valence-corrected chi connectivity index (χ3v) is 4.47. The highest BCUT2D eigenvalue weighted by molar-refractivity contribution is 5.34. The van der Waals surface area contributed by atoms with E-state index >= 15 is 0 Å². The molecule has 1 aromatic rings. The molecule has 1 aliphatic rings. The maximum absolute atomic E-state index is 12.8. The Morgan fingerprint density at radius 1 is 1.43 bits per heavy atom. The Balaban J connectivity index is 1.96. The highest BCUT2D eigenvalue weighted by atomic mass is 19.4. The van der Waals surface area contributed by atoms with Crippen molar-refractivity contribution < 1.29 is 13.2 Å². The van der Waals surface area contributed by atoms with Crippen LogP contribution in [0.5, 0.6) is 0 Å². The first-order chi connectivity index (χ1) is 9.82. The van der Waals surface area contributed by atoms with Crippen LogP contribution in [0.25, 0.3) is 0 Å². The molecule has 0 aromatic carbocycles.